The quantitative estimate of drug-likeness (QED) is 0.436. The van der Waals surface area contributed by atoms with Gasteiger partial charge in [0.2, 0.25) is 0 Å². The van der Waals surface area contributed by atoms with Crippen LogP contribution in [0.3, 0.4) is 0 Å². The van der Waals surface area contributed by atoms with Crippen LogP contribution in [0.4, 0.5) is 5.69 Å². The van der Waals surface area contributed by atoms with Crippen LogP contribution in [0.1, 0.15) is 31.7 Å². The Balaban J connectivity index is 0.00000264. The van der Waals surface area contributed by atoms with Gasteiger partial charge >= 0.3 is 16.5 Å². The van der Waals surface area contributed by atoms with Gasteiger partial charge in [-0.05, 0) is 13.0 Å². The molecule has 1 aliphatic heterocycles. The van der Waals surface area contributed by atoms with Crippen molar-refractivity contribution in [1.82, 2.24) is 0 Å². The van der Waals surface area contributed by atoms with E-state index in [1.165, 1.54) is 0 Å². The van der Waals surface area contributed by atoms with E-state index in [1.807, 2.05) is 0 Å². The zero-order chi connectivity index (χ0) is 15.9. The molecule has 0 saturated carbocycles. The first-order valence-corrected chi connectivity index (χ1v) is 7.30. The molecule has 1 unspecified atom stereocenters. The topological polar surface area (TPSA) is 102 Å². The minimum atomic E-state index is -1.24. The maximum Gasteiger partial charge on any atom is 3.00 e. The molecule has 1 aliphatic rings. The first-order valence-electron chi connectivity index (χ1n) is 7.30. The Morgan fingerprint density at radius 2 is 2.04 bits per heavy atom. The second-order valence-corrected chi connectivity index (χ2v) is 5.16. The summed E-state index contributed by atoms with van der Waals surface area (Å²) in [5.74, 6) is -1.49. The Hall–Kier alpha value is -1.72. The maximum atomic E-state index is 12.2. The molecular weight excluding hydrogens is 341 g/mol. The molecule has 0 bridgehead atoms. The van der Waals surface area contributed by atoms with Gasteiger partial charge in [0.15, 0.2) is 0 Å². The third-order valence-corrected chi connectivity index (χ3v) is 3.49. The van der Waals surface area contributed by atoms with Gasteiger partial charge in [0, 0.05) is 11.3 Å². The third kappa shape index (κ3) is 5.77. The summed E-state index contributed by atoms with van der Waals surface area (Å²) in [5, 5.41) is 27.0. The first kappa shape index (κ1) is 19.3. The van der Waals surface area contributed by atoms with Crippen LogP contribution in [0.2, 0.25) is 0 Å². The number of carbonyl (C=O) groups is 1. The van der Waals surface area contributed by atoms with Crippen molar-refractivity contribution in [2.75, 3.05) is 13.1 Å². The molecule has 1 atom stereocenters. The van der Waals surface area contributed by atoms with E-state index in [2.05, 4.69) is 15.3 Å². The molecule has 125 valence electrons. The van der Waals surface area contributed by atoms with E-state index in [0.29, 0.717) is 23.5 Å². The number of rotatable bonds is 5. The van der Waals surface area contributed by atoms with Crippen LogP contribution < -0.4 is 10.2 Å². The minimum absolute atomic E-state index is 0. The van der Waals surface area contributed by atoms with Crippen molar-refractivity contribution in [2.24, 2.45) is 9.98 Å². The average molecular weight is 359 g/mol. The average Bonchev–Trinajstić information content (AvgIpc) is 2.54. The maximum absolute atomic E-state index is 12.2. The monoisotopic (exact) mass is 358 g/mol. The molecule has 7 heteroatoms. The molecule has 1 saturated heterocycles. The summed E-state index contributed by atoms with van der Waals surface area (Å²) in [4.78, 5) is 18.6. The standard InChI is InChI=1S/C16H20N3O3.Ni/c1-11(18-10-15(20)21)12-6-2-3-7-13(12)19-16(22)14-8-4-5-9-17-14;/h2-3,6-7,14H,4-5,8-10H2,1H3,(H,19,22)(H,20,21);/q-1;+3/p-2. The van der Waals surface area contributed by atoms with Crippen LogP contribution in [-0.2, 0) is 21.3 Å². The van der Waals surface area contributed by atoms with E-state index >= 15 is 0 Å². The number of piperidine rings is 1. The minimum Gasteiger partial charge on any atom is -0.863 e. The van der Waals surface area contributed by atoms with E-state index in [4.69, 9.17) is 0 Å². The number of aliphatic carboxylic acids is 1. The van der Waals surface area contributed by atoms with Gasteiger partial charge in [-0.25, -0.2) is 0 Å². The molecule has 6 nitrogen and oxygen atoms in total. The normalized spacial score (nSPS) is 19.1. The Labute approximate surface area is 145 Å². The van der Waals surface area contributed by atoms with Gasteiger partial charge in [0.25, 0.3) is 0 Å². The number of carboxylic acids is 1. The summed E-state index contributed by atoms with van der Waals surface area (Å²) >= 11 is 0. The molecule has 0 amide bonds. The fourth-order valence-corrected chi connectivity index (χ4v) is 2.33. The van der Waals surface area contributed by atoms with Gasteiger partial charge in [-0.1, -0.05) is 43.4 Å². The number of carbonyl (C=O) groups excluding carboxylic acids is 1. The summed E-state index contributed by atoms with van der Waals surface area (Å²) in [6.07, 6.45) is 2.75. The summed E-state index contributed by atoms with van der Waals surface area (Å²) < 4.78 is 0. The van der Waals surface area contributed by atoms with Crippen LogP contribution in [-0.4, -0.2) is 36.7 Å². The Morgan fingerprint density at radius 1 is 1.30 bits per heavy atom. The summed E-state index contributed by atoms with van der Waals surface area (Å²) in [5.41, 5.74) is 1.65. The smallest absolute Gasteiger partial charge is 0.863 e. The Bertz CT molecular complexity index is 596. The zero-order valence-electron chi connectivity index (χ0n) is 12.8. The van der Waals surface area contributed by atoms with Crippen molar-refractivity contribution in [2.45, 2.75) is 32.2 Å². The van der Waals surface area contributed by atoms with Gasteiger partial charge < -0.3 is 20.3 Å². The number of benzene rings is 1. The Kier molecular flexibility index (Phi) is 7.92. The molecule has 1 heterocycles. The van der Waals surface area contributed by atoms with Gasteiger partial charge in [-0.3, -0.25) is 9.98 Å². The number of nitrogens with zero attached hydrogens (tertiary/aromatic N) is 3. The largest absolute Gasteiger partial charge is 3.00 e. The van der Waals surface area contributed by atoms with Crippen molar-refractivity contribution in [3.63, 3.8) is 0 Å². The molecule has 0 spiro atoms. The Morgan fingerprint density at radius 3 is 2.70 bits per heavy atom. The third-order valence-electron chi connectivity index (χ3n) is 3.49. The van der Waals surface area contributed by atoms with Gasteiger partial charge in [-0.2, -0.15) is 0 Å². The van der Waals surface area contributed by atoms with Gasteiger partial charge in [0.1, 0.15) is 0 Å². The van der Waals surface area contributed by atoms with Crippen LogP contribution >= 0.6 is 0 Å². The van der Waals surface area contributed by atoms with E-state index in [1.54, 1.807) is 31.2 Å². The van der Waals surface area contributed by atoms with E-state index in [-0.39, 0.29) is 28.4 Å². The fourth-order valence-electron chi connectivity index (χ4n) is 2.33. The van der Waals surface area contributed by atoms with Crippen LogP contribution in [0.15, 0.2) is 34.3 Å². The van der Waals surface area contributed by atoms with Crippen LogP contribution in [0.5, 0.6) is 0 Å². The van der Waals surface area contributed by atoms with Gasteiger partial charge in [-0.15, -0.1) is 12.6 Å². The number of hydrogen-bond donors (Lipinski definition) is 0. The summed E-state index contributed by atoms with van der Waals surface area (Å²) in [6, 6.07) is 6.69. The van der Waals surface area contributed by atoms with Crippen molar-refractivity contribution in [1.29, 1.82) is 0 Å². The number of hydrogen-bond acceptors (Lipinski definition) is 5. The summed E-state index contributed by atoms with van der Waals surface area (Å²) in [7, 11) is 0. The zero-order valence-corrected chi connectivity index (χ0v) is 13.8. The van der Waals surface area contributed by atoms with Crippen molar-refractivity contribution >= 4 is 23.3 Å². The molecule has 2 rings (SSSR count). The summed E-state index contributed by atoms with van der Waals surface area (Å²) in [6.45, 7) is 1.98. The van der Waals surface area contributed by atoms with Crippen molar-refractivity contribution < 1.29 is 31.5 Å². The number of aliphatic imine (C=N–C) groups is 2. The number of para-hydroxylation sites is 1. The van der Waals surface area contributed by atoms with E-state index < -0.39 is 12.5 Å². The molecule has 1 fully saturated rings. The molecular formula is C16H18N3NiO3. The van der Waals surface area contributed by atoms with Crippen molar-refractivity contribution in [3.8, 4) is 0 Å². The molecule has 0 aliphatic carbocycles. The SMILES string of the molecule is CC(=NCC(=O)[O-])c1ccccc1N=C([O-])C1CCCC[N-]1.[Ni+3]. The molecule has 0 aromatic heterocycles. The molecule has 1 aromatic carbocycles. The number of carboxylic acid groups (broad SMARTS) is 1. The molecule has 0 N–H and O–H groups in total. The first-order chi connectivity index (χ1) is 10.6. The molecule has 1 aromatic rings. The second-order valence-electron chi connectivity index (χ2n) is 5.16. The second kappa shape index (κ2) is 9.43. The fraction of sp³-hybridized carbons (Fsp3) is 0.438. The van der Waals surface area contributed by atoms with Gasteiger partial charge in [0.05, 0.1) is 18.2 Å². The van der Waals surface area contributed by atoms with E-state index in [0.717, 1.165) is 19.3 Å². The van der Waals surface area contributed by atoms with Crippen molar-refractivity contribution in [3.05, 3.63) is 35.1 Å². The molecule has 1 radical (unpaired) electrons. The predicted molar refractivity (Wildman–Crippen MR) is 81.5 cm³/mol. The van der Waals surface area contributed by atoms with Crippen LogP contribution in [0.25, 0.3) is 5.32 Å². The predicted octanol–water partition coefficient (Wildman–Crippen LogP) is 0.559. The van der Waals surface area contributed by atoms with E-state index in [9.17, 15) is 15.0 Å². The molecule has 23 heavy (non-hydrogen) atoms. The van der Waals surface area contributed by atoms with Crippen LogP contribution in [0, 0.1) is 0 Å².